The van der Waals surface area contributed by atoms with Crippen molar-refractivity contribution in [2.75, 3.05) is 11.9 Å². The molecule has 1 aromatic carbocycles. The van der Waals surface area contributed by atoms with Crippen LogP contribution >= 0.6 is 11.3 Å². The predicted molar refractivity (Wildman–Crippen MR) is 74.6 cm³/mol. The number of carbonyl (C=O) groups is 2. The van der Waals surface area contributed by atoms with Gasteiger partial charge in [0.1, 0.15) is 6.07 Å². The molecule has 5 nitrogen and oxygen atoms in total. The summed E-state index contributed by atoms with van der Waals surface area (Å²) in [5, 5.41) is 12.9. The molecule has 1 N–H and O–H groups in total. The summed E-state index contributed by atoms with van der Waals surface area (Å²) in [5.74, 6) is -0.762. The molecule has 0 saturated heterocycles. The lowest BCUT2D eigenvalue weighted by Crippen LogP contribution is -2.10. The molecule has 6 heteroatoms. The zero-order chi connectivity index (χ0) is 14.4. The molecule has 0 aliphatic rings. The van der Waals surface area contributed by atoms with Crippen LogP contribution in [0.3, 0.4) is 0 Å². The Hall–Kier alpha value is -2.65. The fourth-order valence-corrected chi connectivity index (χ4v) is 2.09. The molecule has 1 amide bonds. The Morgan fingerprint density at radius 2 is 2.00 bits per heavy atom. The van der Waals surface area contributed by atoms with E-state index in [1.165, 1.54) is 23.5 Å². The van der Waals surface area contributed by atoms with Gasteiger partial charge < -0.3 is 10.1 Å². The monoisotopic (exact) mass is 286 g/mol. The van der Waals surface area contributed by atoms with E-state index in [-0.39, 0.29) is 12.5 Å². The average Bonchev–Trinajstić information content (AvgIpc) is 3.00. The van der Waals surface area contributed by atoms with Gasteiger partial charge in [0.25, 0.3) is 5.91 Å². The highest BCUT2D eigenvalue weighted by Crippen LogP contribution is 2.14. The first-order valence-corrected chi connectivity index (χ1v) is 6.57. The van der Waals surface area contributed by atoms with Gasteiger partial charge in [-0.3, -0.25) is 4.79 Å². The molecular formula is C14H10N2O3S. The lowest BCUT2D eigenvalue weighted by atomic mass is 10.2. The van der Waals surface area contributed by atoms with Crippen LogP contribution in [0.1, 0.15) is 20.0 Å². The molecular weight excluding hydrogens is 276 g/mol. The van der Waals surface area contributed by atoms with Gasteiger partial charge in [-0.25, -0.2) is 4.79 Å². The number of carbonyl (C=O) groups excluding carboxylic acids is 2. The van der Waals surface area contributed by atoms with Crippen molar-refractivity contribution in [1.29, 1.82) is 5.26 Å². The molecule has 0 saturated carbocycles. The van der Waals surface area contributed by atoms with Crippen LogP contribution in [0.5, 0.6) is 0 Å². The lowest BCUT2D eigenvalue weighted by Gasteiger charge is -2.05. The van der Waals surface area contributed by atoms with E-state index in [4.69, 9.17) is 5.26 Å². The second kappa shape index (κ2) is 6.50. The summed E-state index contributed by atoms with van der Waals surface area (Å²) in [6.07, 6.45) is 0. The SMILES string of the molecule is N#CCOC(=O)c1ccc(NC(=O)c2cccs2)cc1. The standard InChI is InChI=1S/C14H10N2O3S/c15-7-8-19-14(18)10-3-5-11(6-4-10)16-13(17)12-2-1-9-20-12/h1-6,9H,8H2,(H,16,17). The fraction of sp³-hybridized carbons (Fsp3) is 0.0714. The smallest absolute Gasteiger partial charge is 0.339 e. The fourth-order valence-electron chi connectivity index (χ4n) is 1.47. The lowest BCUT2D eigenvalue weighted by molar-refractivity contribution is 0.0555. The van der Waals surface area contributed by atoms with Crippen LogP contribution in [0, 0.1) is 11.3 Å². The number of rotatable bonds is 4. The van der Waals surface area contributed by atoms with Crippen LogP contribution in [-0.2, 0) is 4.74 Å². The summed E-state index contributed by atoms with van der Waals surface area (Å²) in [4.78, 5) is 23.9. The average molecular weight is 286 g/mol. The number of nitrogens with one attached hydrogen (secondary N) is 1. The van der Waals surface area contributed by atoms with Crippen LogP contribution in [-0.4, -0.2) is 18.5 Å². The van der Waals surface area contributed by atoms with Gasteiger partial charge in [-0.1, -0.05) is 6.07 Å². The molecule has 0 bridgehead atoms. The van der Waals surface area contributed by atoms with Crippen LogP contribution in [0.15, 0.2) is 41.8 Å². The Morgan fingerprint density at radius 3 is 2.60 bits per heavy atom. The number of hydrogen-bond acceptors (Lipinski definition) is 5. The number of hydrogen-bond donors (Lipinski definition) is 1. The Balaban J connectivity index is 2.00. The van der Waals surface area contributed by atoms with E-state index in [9.17, 15) is 9.59 Å². The minimum absolute atomic E-state index is 0.195. The second-order valence-electron chi connectivity index (χ2n) is 3.74. The van der Waals surface area contributed by atoms with E-state index in [2.05, 4.69) is 10.1 Å². The highest BCUT2D eigenvalue weighted by Gasteiger charge is 2.09. The maximum absolute atomic E-state index is 11.8. The Bertz CT molecular complexity index is 642. The highest BCUT2D eigenvalue weighted by molar-refractivity contribution is 7.12. The summed E-state index contributed by atoms with van der Waals surface area (Å²) in [5.41, 5.74) is 0.912. The molecule has 1 heterocycles. The minimum atomic E-state index is -0.567. The summed E-state index contributed by atoms with van der Waals surface area (Å²) >= 11 is 1.35. The molecule has 0 fully saturated rings. The van der Waals surface area contributed by atoms with E-state index in [1.807, 2.05) is 5.38 Å². The van der Waals surface area contributed by atoms with Gasteiger partial charge in [0.15, 0.2) is 6.61 Å². The summed E-state index contributed by atoms with van der Waals surface area (Å²) in [6, 6.07) is 11.5. The van der Waals surface area contributed by atoms with Gasteiger partial charge in [-0.05, 0) is 35.7 Å². The van der Waals surface area contributed by atoms with E-state index in [0.29, 0.717) is 16.1 Å². The van der Waals surface area contributed by atoms with E-state index < -0.39 is 5.97 Å². The largest absolute Gasteiger partial charge is 0.447 e. The maximum atomic E-state index is 11.8. The van der Waals surface area contributed by atoms with E-state index in [1.54, 1.807) is 30.3 Å². The number of esters is 1. The van der Waals surface area contributed by atoms with Gasteiger partial charge in [0, 0.05) is 5.69 Å². The normalized spacial score (nSPS) is 9.55. The van der Waals surface area contributed by atoms with Crippen LogP contribution < -0.4 is 5.32 Å². The molecule has 20 heavy (non-hydrogen) atoms. The second-order valence-corrected chi connectivity index (χ2v) is 4.69. The van der Waals surface area contributed by atoms with Crippen LogP contribution in [0.2, 0.25) is 0 Å². The summed E-state index contributed by atoms with van der Waals surface area (Å²) in [7, 11) is 0. The number of nitriles is 1. The van der Waals surface area contributed by atoms with Gasteiger partial charge in [0.2, 0.25) is 0 Å². The molecule has 100 valence electrons. The first kappa shape index (κ1) is 13.8. The van der Waals surface area contributed by atoms with Gasteiger partial charge in [-0.15, -0.1) is 11.3 Å². The summed E-state index contributed by atoms with van der Waals surface area (Å²) < 4.78 is 4.67. The van der Waals surface area contributed by atoms with Gasteiger partial charge in [0.05, 0.1) is 10.4 Å². The first-order valence-electron chi connectivity index (χ1n) is 5.69. The molecule has 0 aliphatic carbocycles. The van der Waals surface area contributed by atoms with Crippen LogP contribution in [0.25, 0.3) is 0 Å². The number of ether oxygens (including phenoxy) is 1. The first-order chi connectivity index (χ1) is 9.70. The molecule has 0 radical (unpaired) electrons. The van der Waals surface area contributed by atoms with Crippen molar-refractivity contribution in [2.45, 2.75) is 0 Å². The van der Waals surface area contributed by atoms with E-state index in [0.717, 1.165) is 0 Å². The molecule has 0 spiro atoms. The zero-order valence-electron chi connectivity index (χ0n) is 10.3. The maximum Gasteiger partial charge on any atom is 0.339 e. The Morgan fingerprint density at radius 1 is 1.25 bits per heavy atom. The van der Waals surface area contributed by atoms with Crippen molar-refractivity contribution >= 4 is 28.9 Å². The molecule has 1 aromatic heterocycles. The van der Waals surface area contributed by atoms with Crippen molar-refractivity contribution in [3.8, 4) is 6.07 Å². The number of anilines is 1. The third-order valence-electron chi connectivity index (χ3n) is 2.39. The number of thiophene rings is 1. The Labute approximate surface area is 119 Å². The molecule has 2 rings (SSSR count). The van der Waals surface area contributed by atoms with Crippen molar-refractivity contribution in [3.63, 3.8) is 0 Å². The van der Waals surface area contributed by atoms with Crippen molar-refractivity contribution < 1.29 is 14.3 Å². The quantitative estimate of drug-likeness (QED) is 0.876. The Kier molecular flexibility index (Phi) is 4.47. The van der Waals surface area contributed by atoms with Gasteiger partial charge >= 0.3 is 5.97 Å². The van der Waals surface area contributed by atoms with Crippen molar-refractivity contribution in [2.24, 2.45) is 0 Å². The third kappa shape index (κ3) is 3.43. The predicted octanol–water partition coefficient (Wildman–Crippen LogP) is 2.68. The number of amides is 1. The summed E-state index contributed by atoms with van der Waals surface area (Å²) in [6.45, 7) is -0.282. The number of nitrogens with zero attached hydrogens (tertiary/aromatic N) is 1. The minimum Gasteiger partial charge on any atom is -0.447 e. The third-order valence-corrected chi connectivity index (χ3v) is 3.26. The van der Waals surface area contributed by atoms with Crippen molar-refractivity contribution in [3.05, 3.63) is 52.2 Å². The van der Waals surface area contributed by atoms with Crippen molar-refractivity contribution in [1.82, 2.24) is 0 Å². The number of benzene rings is 1. The zero-order valence-corrected chi connectivity index (χ0v) is 11.1. The van der Waals surface area contributed by atoms with Gasteiger partial charge in [-0.2, -0.15) is 5.26 Å². The topological polar surface area (TPSA) is 79.2 Å². The van der Waals surface area contributed by atoms with Crippen LogP contribution in [0.4, 0.5) is 5.69 Å². The molecule has 0 aliphatic heterocycles. The molecule has 2 aromatic rings. The van der Waals surface area contributed by atoms with E-state index >= 15 is 0 Å². The molecule has 0 unspecified atom stereocenters. The molecule has 0 atom stereocenters. The highest BCUT2D eigenvalue weighted by atomic mass is 32.1.